The summed E-state index contributed by atoms with van der Waals surface area (Å²) >= 11 is 0. The predicted octanol–water partition coefficient (Wildman–Crippen LogP) is 3.06. The molecule has 1 aromatic heterocycles. The van der Waals surface area contributed by atoms with E-state index in [1.807, 2.05) is 6.07 Å². The Balaban J connectivity index is 1.91. The molecule has 0 amide bonds. The van der Waals surface area contributed by atoms with Crippen molar-refractivity contribution in [3.63, 3.8) is 0 Å². The van der Waals surface area contributed by atoms with Crippen LogP contribution in [0.25, 0.3) is 0 Å². The summed E-state index contributed by atoms with van der Waals surface area (Å²) in [5.41, 5.74) is 3.09. The van der Waals surface area contributed by atoms with Crippen molar-refractivity contribution < 1.29 is 4.74 Å². The number of aromatic nitrogens is 1. The van der Waals surface area contributed by atoms with Gasteiger partial charge in [-0.2, -0.15) is 5.26 Å². The van der Waals surface area contributed by atoms with Gasteiger partial charge in [0.2, 0.25) is 0 Å². The summed E-state index contributed by atoms with van der Waals surface area (Å²) < 4.78 is 5.44. The SMILES string of the molecule is CCCOCCCNc1nc2c(cc1C#N)CCCC2. The van der Waals surface area contributed by atoms with Crippen molar-refractivity contribution in [2.45, 2.75) is 45.4 Å². The van der Waals surface area contributed by atoms with Gasteiger partial charge < -0.3 is 10.1 Å². The first-order chi connectivity index (χ1) is 9.85. The van der Waals surface area contributed by atoms with Gasteiger partial charge in [0.15, 0.2) is 0 Å². The molecule has 0 radical (unpaired) electrons. The van der Waals surface area contributed by atoms with Crippen molar-refractivity contribution in [3.05, 3.63) is 22.9 Å². The van der Waals surface area contributed by atoms with E-state index < -0.39 is 0 Å². The van der Waals surface area contributed by atoms with Gasteiger partial charge in [-0.3, -0.25) is 0 Å². The molecule has 4 nitrogen and oxygen atoms in total. The summed E-state index contributed by atoms with van der Waals surface area (Å²) in [6.45, 7) is 4.48. The number of aryl methyl sites for hydroxylation is 2. The lowest BCUT2D eigenvalue weighted by atomic mass is 9.95. The van der Waals surface area contributed by atoms with Crippen molar-refractivity contribution in [2.24, 2.45) is 0 Å². The van der Waals surface area contributed by atoms with E-state index in [0.717, 1.165) is 51.3 Å². The Labute approximate surface area is 121 Å². The lowest BCUT2D eigenvalue weighted by Gasteiger charge is -2.17. The Morgan fingerprint density at radius 3 is 3.00 bits per heavy atom. The van der Waals surface area contributed by atoms with E-state index in [1.54, 1.807) is 0 Å². The number of anilines is 1. The summed E-state index contributed by atoms with van der Waals surface area (Å²) in [5.74, 6) is 0.739. The number of nitrogens with zero attached hydrogens (tertiary/aromatic N) is 2. The van der Waals surface area contributed by atoms with E-state index in [9.17, 15) is 5.26 Å². The van der Waals surface area contributed by atoms with Crippen LogP contribution >= 0.6 is 0 Å². The van der Waals surface area contributed by atoms with Crippen LogP contribution in [0.1, 0.15) is 49.4 Å². The van der Waals surface area contributed by atoms with Crippen molar-refractivity contribution in [3.8, 4) is 6.07 Å². The van der Waals surface area contributed by atoms with Gasteiger partial charge in [0, 0.05) is 25.5 Å². The van der Waals surface area contributed by atoms with Gasteiger partial charge in [0.1, 0.15) is 11.9 Å². The Morgan fingerprint density at radius 1 is 1.35 bits per heavy atom. The highest BCUT2D eigenvalue weighted by molar-refractivity contribution is 5.54. The molecule has 0 saturated heterocycles. The molecule has 0 atom stereocenters. The number of nitriles is 1. The third-order valence-corrected chi connectivity index (χ3v) is 3.53. The molecule has 20 heavy (non-hydrogen) atoms. The summed E-state index contributed by atoms with van der Waals surface area (Å²) in [6.07, 6.45) is 6.50. The van der Waals surface area contributed by atoms with Gasteiger partial charge in [-0.25, -0.2) is 4.98 Å². The number of pyridine rings is 1. The lowest BCUT2D eigenvalue weighted by molar-refractivity contribution is 0.134. The van der Waals surface area contributed by atoms with Crippen LogP contribution in [0, 0.1) is 11.3 Å². The molecule has 2 rings (SSSR count). The van der Waals surface area contributed by atoms with E-state index in [1.165, 1.54) is 24.1 Å². The predicted molar refractivity (Wildman–Crippen MR) is 79.8 cm³/mol. The molecule has 0 unspecified atom stereocenters. The minimum Gasteiger partial charge on any atom is -0.381 e. The third-order valence-electron chi connectivity index (χ3n) is 3.53. The highest BCUT2D eigenvalue weighted by atomic mass is 16.5. The number of rotatable bonds is 7. The van der Waals surface area contributed by atoms with Crippen molar-refractivity contribution in [1.29, 1.82) is 5.26 Å². The average molecular weight is 273 g/mol. The highest BCUT2D eigenvalue weighted by Crippen LogP contribution is 2.24. The third kappa shape index (κ3) is 3.94. The van der Waals surface area contributed by atoms with Crippen molar-refractivity contribution in [2.75, 3.05) is 25.1 Å². The molecule has 0 aromatic carbocycles. The van der Waals surface area contributed by atoms with Crippen LogP contribution in [0.2, 0.25) is 0 Å². The summed E-state index contributed by atoms with van der Waals surface area (Å²) in [6, 6.07) is 4.26. The van der Waals surface area contributed by atoms with Crippen LogP contribution in [0.5, 0.6) is 0 Å². The Morgan fingerprint density at radius 2 is 2.20 bits per heavy atom. The van der Waals surface area contributed by atoms with Gasteiger partial charge in [0.25, 0.3) is 0 Å². The van der Waals surface area contributed by atoms with E-state index in [0.29, 0.717) is 5.56 Å². The second-order valence-corrected chi connectivity index (χ2v) is 5.20. The smallest absolute Gasteiger partial charge is 0.144 e. The van der Waals surface area contributed by atoms with E-state index >= 15 is 0 Å². The number of fused-ring (bicyclic) bond motifs is 1. The maximum atomic E-state index is 9.24. The number of nitrogens with one attached hydrogen (secondary N) is 1. The first-order valence-corrected chi connectivity index (χ1v) is 7.59. The second-order valence-electron chi connectivity index (χ2n) is 5.20. The van der Waals surface area contributed by atoms with Gasteiger partial charge in [-0.05, 0) is 50.2 Å². The molecule has 108 valence electrons. The van der Waals surface area contributed by atoms with Crippen LogP contribution in [0.3, 0.4) is 0 Å². The van der Waals surface area contributed by atoms with Gasteiger partial charge in [-0.15, -0.1) is 0 Å². The van der Waals surface area contributed by atoms with Gasteiger partial charge in [-0.1, -0.05) is 6.92 Å². The summed E-state index contributed by atoms with van der Waals surface area (Å²) in [4.78, 5) is 4.64. The topological polar surface area (TPSA) is 57.9 Å². The Bertz CT molecular complexity index is 479. The van der Waals surface area contributed by atoms with Gasteiger partial charge >= 0.3 is 0 Å². The fraction of sp³-hybridized carbons (Fsp3) is 0.625. The Hall–Kier alpha value is -1.60. The normalized spacial score (nSPS) is 13.6. The zero-order valence-electron chi connectivity index (χ0n) is 12.2. The zero-order chi connectivity index (χ0) is 14.2. The minimum atomic E-state index is 0.667. The maximum absolute atomic E-state index is 9.24. The quantitative estimate of drug-likeness (QED) is 0.776. The molecular weight excluding hydrogens is 250 g/mol. The van der Waals surface area contributed by atoms with Crippen LogP contribution in [0.15, 0.2) is 6.07 Å². The molecule has 0 aliphatic heterocycles. The van der Waals surface area contributed by atoms with Crippen LogP contribution < -0.4 is 5.32 Å². The molecule has 1 N–H and O–H groups in total. The molecule has 0 fully saturated rings. The van der Waals surface area contributed by atoms with Crippen LogP contribution in [-0.4, -0.2) is 24.7 Å². The zero-order valence-corrected chi connectivity index (χ0v) is 12.2. The first kappa shape index (κ1) is 14.8. The number of hydrogen-bond donors (Lipinski definition) is 1. The maximum Gasteiger partial charge on any atom is 0.144 e. The summed E-state index contributed by atoms with van der Waals surface area (Å²) in [5, 5.41) is 12.5. The van der Waals surface area contributed by atoms with Gasteiger partial charge in [0.05, 0.1) is 5.56 Å². The molecule has 0 spiro atoms. The molecular formula is C16H23N3O. The highest BCUT2D eigenvalue weighted by Gasteiger charge is 2.14. The van der Waals surface area contributed by atoms with E-state index in [-0.39, 0.29) is 0 Å². The summed E-state index contributed by atoms with van der Waals surface area (Å²) in [7, 11) is 0. The van der Waals surface area contributed by atoms with Crippen molar-refractivity contribution in [1.82, 2.24) is 4.98 Å². The second kappa shape index (κ2) is 7.86. The molecule has 0 saturated carbocycles. The fourth-order valence-corrected chi connectivity index (χ4v) is 2.48. The molecule has 1 aliphatic carbocycles. The molecule has 1 heterocycles. The van der Waals surface area contributed by atoms with Crippen molar-refractivity contribution >= 4 is 5.82 Å². The van der Waals surface area contributed by atoms with Crippen LogP contribution in [0.4, 0.5) is 5.82 Å². The minimum absolute atomic E-state index is 0.667. The van der Waals surface area contributed by atoms with E-state index in [2.05, 4.69) is 23.3 Å². The number of hydrogen-bond acceptors (Lipinski definition) is 4. The fourth-order valence-electron chi connectivity index (χ4n) is 2.48. The standard InChI is InChI=1S/C16H23N3O/c1-2-9-20-10-5-8-18-16-14(12-17)11-13-6-3-4-7-15(13)19-16/h11H,2-10H2,1H3,(H,18,19). The monoisotopic (exact) mass is 273 g/mol. The number of ether oxygens (including phenoxy) is 1. The largest absolute Gasteiger partial charge is 0.381 e. The molecule has 4 heteroatoms. The molecule has 0 bridgehead atoms. The average Bonchev–Trinajstić information content (AvgIpc) is 2.50. The Kier molecular flexibility index (Phi) is 5.82. The molecule has 1 aliphatic rings. The molecule has 1 aromatic rings. The van der Waals surface area contributed by atoms with E-state index in [4.69, 9.17) is 4.74 Å². The first-order valence-electron chi connectivity index (χ1n) is 7.59. The van der Waals surface area contributed by atoms with Crippen LogP contribution in [-0.2, 0) is 17.6 Å². The lowest BCUT2D eigenvalue weighted by Crippen LogP contribution is -2.12.